The van der Waals surface area contributed by atoms with Crippen molar-refractivity contribution in [1.82, 2.24) is 0 Å². The highest BCUT2D eigenvalue weighted by Crippen LogP contribution is 2.17. The molecular formula is C19H17NO3. The van der Waals surface area contributed by atoms with Gasteiger partial charge in [-0.1, -0.05) is 30.3 Å². The molecule has 1 aromatic heterocycles. The molecule has 0 spiro atoms. The number of rotatable bonds is 5. The molecule has 3 aromatic rings. The summed E-state index contributed by atoms with van der Waals surface area (Å²) in [6.07, 6.45) is 0.663. The van der Waals surface area contributed by atoms with E-state index in [-0.39, 0.29) is 5.91 Å². The van der Waals surface area contributed by atoms with E-state index >= 15 is 0 Å². The Balaban J connectivity index is 1.66. The molecule has 0 aliphatic rings. The zero-order chi connectivity index (χ0) is 16.1. The van der Waals surface area contributed by atoms with Crippen LogP contribution in [0.5, 0.6) is 5.75 Å². The third-order valence-corrected chi connectivity index (χ3v) is 3.45. The van der Waals surface area contributed by atoms with Gasteiger partial charge in [0.05, 0.1) is 7.11 Å². The summed E-state index contributed by atoms with van der Waals surface area (Å²) in [4.78, 5) is 12.2. The second kappa shape index (κ2) is 6.83. The van der Waals surface area contributed by atoms with E-state index < -0.39 is 0 Å². The van der Waals surface area contributed by atoms with Gasteiger partial charge >= 0.3 is 0 Å². The van der Waals surface area contributed by atoms with Crippen LogP contribution in [0.25, 0.3) is 0 Å². The first-order chi connectivity index (χ1) is 11.2. The summed E-state index contributed by atoms with van der Waals surface area (Å²) in [7, 11) is 1.60. The number of benzene rings is 2. The molecule has 2 aromatic carbocycles. The van der Waals surface area contributed by atoms with Crippen molar-refractivity contribution in [2.75, 3.05) is 12.4 Å². The third-order valence-electron chi connectivity index (χ3n) is 3.45. The summed E-state index contributed by atoms with van der Waals surface area (Å²) in [6.45, 7) is 0. The fourth-order valence-electron chi connectivity index (χ4n) is 2.26. The molecule has 1 heterocycles. The van der Waals surface area contributed by atoms with E-state index in [0.29, 0.717) is 17.9 Å². The largest absolute Gasteiger partial charge is 0.497 e. The second-order valence-electron chi connectivity index (χ2n) is 5.11. The molecule has 0 fully saturated rings. The standard InChI is InChI=1S/C19H17NO3/c1-22-16-9-7-15(8-10-16)20-19(21)18-12-11-17(23-18)13-14-5-3-2-4-6-14/h2-12H,13H2,1H3,(H,20,21). The van der Waals surface area contributed by atoms with E-state index in [1.54, 1.807) is 37.4 Å². The molecule has 1 N–H and O–H groups in total. The molecule has 0 atom stereocenters. The van der Waals surface area contributed by atoms with E-state index in [9.17, 15) is 4.79 Å². The minimum absolute atomic E-state index is 0.269. The van der Waals surface area contributed by atoms with Gasteiger partial charge in [0.15, 0.2) is 5.76 Å². The molecule has 1 amide bonds. The van der Waals surface area contributed by atoms with Gasteiger partial charge in [-0.15, -0.1) is 0 Å². The molecule has 0 bridgehead atoms. The quantitative estimate of drug-likeness (QED) is 0.771. The van der Waals surface area contributed by atoms with Crippen molar-refractivity contribution in [3.05, 3.63) is 83.8 Å². The van der Waals surface area contributed by atoms with Crippen molar-refractivity contribution in [3.8, 4) is 5.75 Å². The summed E-state index contributed by atoms with van der Waals surface area (Å²) in [5, 5.41) is 2.80. The van der Waals surface area contributed by atoms with Gasteiger partial charge in [-0.25, -0.2) is 0 Å². The number of hydrogen-bond acceptors (Lipinski definition) is 3. The van der Waals surface area contributed by atoms with E-state index in [2.05, 4.69) is 5.32 Å². The van der Waals surface area contributed by atoms with Gasteiger partial charge in [-0.2, -0.15) is 0 Å². The molecule has 0 aliphatic heterocycles. The number of carbonyl (C=O) groups excluding carboxylic acids is 1. The van der Waals surface area contributed by atoms with Crippen LogP contribution in [0.4, 0.5) is 5.69 Å². The second-order valence-corrected chi connectivity index (χ2v) is 5.11. The van der Waals surface area contributed by atoms with Crippen LogP contribution < -0.4 is 10.1 Å². The maximum Gasteiger partial charge on any atom is 0.291 e. The summed E-state index contributed by atoms with van der Waals surface area (Å²) < 4.78 is 10.7. The topological polar surface area (TPSA) is 51.5 Å². The predicted molar refractivity (Wildman–Crippen MR) is 88.9 cm³/mol. The number of amides is 1. The highest BCUT2D eigenvalue weighted by molar-refractivity contribution is 6.02. The molecule has 23 heavy (non-hydrogen) atoms. The molecule has 0 aliphatic carbocycles. The molecule has 3 rings (SSSR count). The van der Waals surface area contributed by atoms with Gasteiger partial charge in [0.25, 0.3) is 5.91 Å². The van der Waals surface area contributed by atoms with Crippen molar-refractivity contribution in [3.63, 3.8) is 0 Å². The van der Waals surface area contributed by atoms with Crippen molar-refractivity contribution in [1.29, 1.82) is 0 Å². The van der Waals surface area contributed by atoms with Gasteiger partial charge in [-0.3, -0.25) is 4.79 Å². The first-order valence-electron chi connectivity index (χ1n) is 7.32. The van der Waals surface area contributed by atoms with Crippen LogP contribution in [-0.4, -0.2) is 13.0 Å². The molecule has 116 valence electrons. The highest BCUT2D eigenvalue weighted by atomic mass is 16.5. The van der Waals surface area contributed by atoms with Crippen LogP contribution in [0.15, 0.2) is 71.1 Å². The molecular weight excluding hydrogens is 290 g/mol. The maximum atomic E-state index is 12.2. The number of methoxy groups -OCH3 is 1. The average molecular weight is 307 g/mol. The SMILES string of the molecule is COc1ccc(NC(=O)c2ccc(Cc3ccccc3)o2)cc1. The zero-order valence-electron chi connectivity index (χ0n) is 12.8. The summed E-state index contributed by atoms with van der Waals surface area (Å²) in [5.74, 6) is 1.53. The Hall–Kier alpha value is -3.01. The smallest absolute Gasteiger partial charge is 0.291 e. The molecule has 4 nitrogen and oxygen atoms in total. The first-order valence-corrected chi connectivity index (χ1v) is 7.32. The lowest BCUT2D eigenvalue weighted by Gasteiger charge is -2.04. The minimum Gasteiger partial charge on any atom is -0.497 e. The van der Waals surface area contributed by atoms with Crippen molar-refractivity contribution in [2.45, 2.75) is 6.42 Å². The van der Waals surface area contributed by atoms with E-state index in [4.69, 9.17) is 9.15 Å². The summed E-state index contributed by atoms with van der Waals surface area (Å²) in [6, 6.07) is 20.7. The molecule has 0 saturated carbocycles. The summed E-state index contributed by atoms with van der Waals surface area (Å²) in [5.41, 5.74) is 1.83. The fourth-order valence-corrected chi connectivity index (χ4v) is 2.26. The Kier molecular flexibility index (Phi) is 4.43. The first kappa shape index (κ1) is 14.9. The number of hydrogen-bond donors (Lipinski definition) is 1. The summed E-state index contributed by atoms with van der Waals surface area (Å²) >= 11 is 0. The number of furan rings is 1. The van der Waals surface area contributed by atoms with Crippen molar-refractivity contribution in [2.24, 2.45) is 0 Å². The van der Waals surface area contributed by atoms with E-state index in [1.165, 1.54) is 0 Å². The fraction of sp³-hybridized carbons (Fsp3) is 0.105. The number of carbonyl (C=O) groups is 1. The average Bonchev–Trinajstić information content (AvgIpc) is 3.05. The third kappa shape index (κ3) is 3.80. The normalized spacial score (nSPS) is 10.3. The number of ether oxygens (including phenoxy) is 1. The Morgan fingerprint density at radius 3 is 2.43 bits per heavy atom. The lowest BCUT2D eigenvalue weighted by molar-refractivity contribution is 0.0995. The van der Waals surface area contributed by atoms with Gasteiger partial charge in [0, 0.05) is 12.1 Å². The Morgan fingerprint density at radius 2 is 1.74 bits per heavy atom. The van der Waals surface area contributed by atoms with Crippen LogP contribution in [0.1, 0.15) is 21.9 Å². The van der Waals surface area contributed by atoms with Crippen molar-refractivity contribution < 1.29 is 13.9 Å². The molecule has 0 radical (unpaired) electrons. The predicted octanol–water partition coefficient (Wildman–Crippen LogP) is 4.13. The molecule has 4 heteroatoms. The van der Waals surface area contributed by atoms with Crippen LogP contribution >= 0.6 is 0 Å². The van der Waals surface area contributed by atoms with Crippen molar-refractivity contribution >= 4 is 11.6 Å². The minimum atomic E-state index is -0.269. The molecule has 0 unspecified atom stereocenters. The molecule has 0 saturated heterocycles. The van der Waals surface area contributed by atoms with Crippen LogP contribution in [0.2, 0.25) is 0 Å². The van der Waals surface area contributed by atoms with E-state index in [1.807, 2.05) is 36.4 Å². The number of nitrogens with one attached hydrogen (secondary N) is 1. The highest BCUT2D eigenvalue weighted by Gasteiger charge is 2.12. The Morgan fingerprint density at radius 1 is 1.00 bits per heavy atom. The van der Waals surface area contributed by atoms with Gasteiger partial charge in [-0.05, 0) is 42.0 Å². The lowest BCUT2D eigenvalue weighted by Crippen LogP contribution is -2.10. The number of anilines is 1. The van der Waals surface area contributed by atoms with Gasteiger partial charge in [0.2, 0.25) is 0 Å². The van der Waals surface area contributed by atoms with Crippen LogP contribution in [-0.2, 0) is 6.42 Å². The van der Waals surface area contributed by atoms with Gasteiger partial charge < -0.3 is 14.5 Å². The van der Waals surface area contributed by atoms with Crippen LogP contribution in [0.3, 0.4) is 0 Å². The van der Waals surface area contributed by atoms with E-state index in [0.717, 1.165) is 17.1 Å². The Labute approximate surface area is 134 Å². The van der Waals surface area contributed by atoms with Crippen LogP contribution in [0, 0.1) is 0 Å². The monoisotopic (exact) mass is 307 g/mol. The Bertz CT molecular complexity index is 776. The maximum absolute atomic E-state index is 12.2. The lowest BCUT2D eigenvalue weighted by atomic mass is 10.1. The van der Waals surface area contributed by atoms with Gasteiger partial charge in [0.1, 0.15) is 11.5 Å². The zero-order valence-corrected chi connectivity index (χ0v) is 12.8.